The van der Waals surface area contributed by atoms with Gasteiger partial charge in [0.05, 0.1) is 18.0 Å². The van der Waals surface area contributed by atoms with E-state index in [1.165, 1.54) is 0 Å². The molecule has 2 aromatic heterocycles. The maximum absolute atomic E-state index is 13.2. The molecule has 9 heteroatoms. The molecule has 0 saturated carbocycles. The standard InChI is InChI=1S/C26H25N7O2/c27-13-10-26(33-17-20(23(28)34)24(31-33)29-19-7-2-1-3-8-19)11-14-32(15-12-26)25(35)22-16-18-6-4-5-9-21(18)30-22/h1-9,16-17,30H,10-12,14-15H2,(H2,28,34)(H,29,31). The molecule has 4 N–H and O–H groups in total. The van der Waals surface area contributed by atoms with E-state index in [9.17, 15) is 14.9 Å². The van der Waals surface area contributed by atoms with E-state index < -0.39 is 11.4 Å². The zero-order valence-electron chi connectivity index (χ0n) is 19.1. The second-order valence-electron chi connectivity index (χ2n) is 8.81. The summed E-state index contributed by atoms with van der Waals surface area (Å²) in [6.45, 7) is 0.923. The van der Waals surface area contributed by atoms with Gasteiger partial charge in [0.15, 0.2) is 5.82 Å². The van der Waals surface area contributed by atoms with Gasteiger partial charge >= 0.3 is 0 Å². The molecule has 0 aliphatic carbocycles. The molecule has 1 saturated heterocycles. The molecule has 0 bridgehead atoms. The van der Waals surface area contributed by atoms with Gasteiger partial charge in [-0.05, 0) is 37.1 Å². The molecule has 3 heterocycles. The van der Waals surface area contributed by atoms with Crippen LogP contribution in [0.5, 0.6) is 0 Å². The molecule has 0 spiro atoms. The monoisotopic (exact) mass is 467 g/mol. The summed E-state index contributed by atoms with van der Waals surface area (Å²) in [6, 6.07) is 21.3. The summed E-state index contributed by atoms with van der Waals surface area (Å²) in [5.74, 6) is -0.331. The first kappa shape index (κ1) is 22.2. The van der Waals surface area contributed by atoms with E-state index in [1.54, 1.807) is 15.8 Å². The number of nitrogens with one attached hydrogen (secondary N) is 2. The Morgan fingerprint density at radius 2 is 1.83 bits per heavy atom. The van der Waals surface area contributed by atoms with Crippen LogP contribution in [-0.2, 0) is 5.54 Å². The number of aromatic nitrogens is 3. The molecule has 176 valence electrons. The predicted molar refractivity (Wildman–Crippen MR) is 132 cm³/mol. The van der Waals surface area contributed by atoms with Gasteiger partial charge in [0.1, 0.15) is 11.3 Å². The molecule has 4 aromatic rings. The number of anilines is 2. The van der Waals surface area contributed by atoms with Crippen LogP contribution in [0.3, 0.4) is 0 Å². The van der Waals surface area contributed by atoms with Crippen molar-refractivity contribution in [3.63, 3.8) is 0 Å². The Morgan fingerprint density at radius 1 is 1.11 bits per heavy atom. The van der Waals surface area contributed by atoms with E-state index in [0.29, 0.717) is 37.4 Å². The van der Waals surface area contributed by atoms with Gasteiger partial charge in [0.25, 0.3) is 11.8 Å². The van der Waals surface area contributed by atoms with E-state index in [-0.39, 0.29) is 17.9 Å². The molecule has 0 atom stereocenters. The van der Waals surface area contributed by atoms with Crippen LogP contribution in [0.25, 0.3) is 10.9 Å². The lowest BCUT2D eigenvalue weighted by Crippen LogP contribution is -2.48. The number of nitrogens with zero attached hydrogens (tertiary/aromatic N) is 4. The number of carbonyl (C=O) groups excluding carboxylic acids is 2. The van der Waals surface area contributed by atoms with Crippen molar-refractivity contribution < 1.29 is 9.59 Å². The van der Waals surface area contributed by atoms with Crippen LogP contribution in [0.4, 0.5) is 11.5 Å². The number of aromatic amines is 1. The Balaban J connectivity index is 1.39. The average Bonchev–Trinajstić information content (AvgIpc) is 3.50. The lowest BCUT2D eigenvalue weighted by molar-refractivity contribution is 0.0575. The quantitative estimate of drug-likeness (QED) is 0.397. The minimum Gasteiger partial charge on any atom is -0.365 e. The van der Waals surface area contributed by atoms with Crippen LogP contribution < -0.4 is 11.1 Å². The number of hydrogen-bond donors (Lipinski definition) is 3. The number of nitriles is 1. The van der Waals surface area contributed by atoms with Crippen LogP contribution >= 0.6 is 0 Å². The van der Waals surface area contributed by atoms with Crippen molar-refractivity contribution in [1.29, 1.82) is 5.26 Å². The molecular formula is C26H25N7O2. The Morgan fingerprint density at radius 3 is 2.51 bits per heavy atom. The van der Waals surface area contributed by atoms with Gasteiger partial charge in [-0.1, -0.05) is 36.4 Å². The highest BCUT2D eigenvalue weighted by Crippen LogP contribution is 2.35. The van der Waals surface area contributed by atoms with Crippen LogP contribution in [0.15, 0.2) is 66.9 Å². The largest absolute Gasteiger partial charge is 0.365 e. The van der Waals surface area contributed by atoms with Gasteiger partial charge in [-0.15, -0.1) is 0 Å². The van der Waals surface area contributed by atoms with Gasteiger partial charge in [0, 0.05) is 35.9 Å². The number of nitrogens with two attached hydrogens (primary N) is 1. The lowest BCUT2D eigenvalue weighted by Gasteiger charge is -2.40. The highest BCUT2D eigenvalue weighted by Gasteiger charge is 2.39. The number of para-hydroxylation sites is 2. The maximum atomic E-state index is 13.2. The maximum Gasteiger partial charge on any atom is 0.270 e. The zero-order chi connectivity index (χ0) is 24.4. The second-order valence-corrected chi connectivity index (χ2v) is 8.81. The van der Waals surface area contributed by atoms with Gasteiger partial charge in [-0.25, -0.2) is 0 Å². The molecule has 35 heavy (non-hydrogen) atoms. The van der Waals surface area contributed by atoms with Crippen LogP contribution in [-0.4, -0.2) is 44.6 Å². The zero-order valence-corrected chi connectivity index (χ0v) is 19.1. The van der Waals surface area contributed by atoms with Crippen LogP contribution in [0, 0.1) is 11.3 Å². The van der Waals surface area contributed by atoms with Crippen molar-refractivity contribution in [3.05, 3.63) is 78.1 Å². The van der Waals surface area contributed by atoms with E-state index >= 15 is 0 Å². The average molecular weight is 468 g/mol. The third-order valence-electron chi connectivity index (χ3n) is 6.65. The summed E-state index contributed by atoms with van der Waals surface area (Å²) in [6.07, 6.45) is 2.86. The number of likely N-dealkylation sites (tertiary alicyclic amines) is 1. The first-order valence-corrected chi connectivity index (χ1v) is 11.5. The number of rotatable bonds is 6. The fourth-order valence-corrected chi connectivity index (χ4v) is 4.67. The highest BCUT2D eigenvalue weighted by atomic mass is 16.2. The predicted octanol–water partition coefficient (Wildman–Crippen LogP) is 3.75. The number of H-pyrrole nitrogens is 1. The number of carbonyl (C=O) groups is 2. The molecule has 0 radical (unpaired) electrons. The second kappa shape index (κ2) is 8.99. The number of amides is 2. The number of benzene rings is 2. The fraction of sp³-hybridized carbons (Fsp3) is 0.231. The molecular weight excluding hydrogens is 442 g/mol. The minimum absolute atomic E-state index is 0.0727. The molecule has 9 nitrogen and oxygen atoms in total. The smallest absolute Gasteiger partial charge is 0.270 e. The third kappa shape index (κ3) is 4.22. The van der Waals surface area contributed by atoms with Crippen molar-refractivity contribution in [2.45, 2.75) is 24.8 Å². The topological polar surface area (TPSA) is 133 Å². The molecule has 1 aliphatic heterocycles. The molecule has 2 aromatic carbocycles. The minimum atomic E-state index is -0.646. The molecule has 2 amide bonds. The fourth-order valence-electron chi connectivity index (χ4n) is 4.67. The summed E-state index contributed by atoms with van der Waals surface area (Å²) in [7, 11) is 0. The Bertz CT molecular complexity index is 1390. The molecule has 0 unspecified atom stereocenters. The summed E-state index contributed by atoms with van der Waals surface area (Å²) < 4.78 is 1.69. The van der Waals surface area contributed by atoms with Crippen LogP contribution in [0.2, 0.25) is 0 Å². The van der Waals surface area contributed by atoms with Gasteiger partial charge in [-0.2, -0.15) is 10.4 Å². The highest BCUT2D eigenvalue weighted by molar-refractivity contribution is 5.98. The molecule has 5 rings (SSSR count). The summed E-state index contributed by atoms with van der Waals surface area (Å²) in [5.41, 5.74) is 7.47. The van der Waals surface area contributed by atoms with Crippen LogP contribution in [0.1, 0.15) is 40.1 Å². The molecule has 1 fully saturated rings. The summed E-state index contributed by atoms with van der Waals surface area (Å²) >= 11 is 0. The number of fused-ring (bicyclic) bond motifs is 1. The number of piperidine rings is 1. The third-order valence-corrected chi connectivity index (χ3v) is 6.65. The lowest BCUT2D eigenvalue weighted by atomic mass is 9.84. The number of hydrogen-bond acceptors (Lipinski definition) is 5. The normalized spacial score (nSPS) is 15.0. The Kier molecular flexibility index (Phi) is 5.71. The van der Waals surface area contributed by atoms with Gasteiger partial charge < -0.3 is 20.9 Å². The van der Waals surface area contributed by atoms with Crippen molar-refractivity contribution in [2.75, 3.05) is 18.4 Å². The first-order valence-electron chi connectivity index (χ1n) is 11.5. The van der Waals surface area contributed by atoms with Crippen molar-refractivity contribution in [3.8, 4) is 6.07 Å². The number of primary amides is 1. The van der Waals surface area contributed by atoms with Crippen molar-refractivity contribution >= 4 is 34.2 Å². The Hall–Kier alpha value is -4.58. The van der Waals surface area contributed by atoms with E-state index in [0.717, 1.165) is 16.6 Å². The molecule has 1 aliphatic rings. The van der Waals surface area contributed by atoms with E-state index in [1.807, 2.05) is 60.7 Å². The van der Waals surface area contributed by atoms with Crippen molar-refractivity contribution in [2.24, 2.45) is 5.73 Å². The van der Waals surface area contributed by atoms with E-state index in [4.69, 9.17) is 5.73 Å². The van der Waals surface area contributed by atoms with Gasteiger partial charge in [0.2, 0.25) is 0 Å². The summed E-state index contributed by atoms with van der Waals surface area (Å²) in [4.78, 5) is 30.3. The van der Waals surface area contributed by atoms with E-state index in [2.05, 4.69) is 21.5 Å². The van der Waals surface area contributed by atoms with Crippen molar-refractivity contribution in [1.82, 2.24) is 19.7 Å². The Labute approximate surface area is 202 Å². The SMILES string of the molecule is N#CCC1(n2cc(C(N)=O)c(Nc3ccccc3)n2)CCN(C(=O)c2cc3ccccc3[nH]2)CC1. The first-order chi connectivity index (χ1) is 17.0. The summed E-state index contributed by atoms with van der Waals surface area (Å²) in [5, 5.41) is 18.4. The van der Waals surface area contributed by atoms with Gasteiger partial charge in [-0.3, -0.25) is 14.3 Å².